The van der Waals surface area contributed by atoms with Gasteiger partial charge in [-0.05, 0) is 128 Å². The lowest BCUT2D eigenvalue weighted by molar-refractivity contribution is -0.197. The molecule has 0 aromatic carbocycles. The fourth-order valence-corrected chi connectivity index (χ4v) is 12.8. The molecule has 2 saturated carbocycles. The second-order valence-corrected chi connectivity index (χ2v) is 23.0. The number of esters is 1. The zero-order valence-electron chi connectivity index (χ0n) is 41.3. The second-order valence-electron chi connectivity index (χ2n) is 23.0. The minimum atomic E-state index is -0.828. The van der Waals surface area contributed by atoms with Gasteiger partial charge in [0.15, 0.2) is 11.2 Å². The van der Waals surface area contributed by atoms with Gasteiger partial charge in [-0.25, -0.2) is 0 Å². The van der Waals surface area contributed by atoms with Crippen LogP contribution in [0.25, 0.3) is 0 Å². The Hall–Kier alpha value is -1.75. The van der Waals surface area contributed by atoms with Crippen LogP contribution in [-0.2, 0) is 28.6 Å². The molecule has 0 radical (unpaired) electrons. The van der Waals surface area contributed by atoms with Crippen LogP contribution in [0.1, 0.15) is 236 Å². The van der Waals surface area contributed by atoms with Gasteiger partial charge in [-0.15, -0.1) is 0 Å². The van der Waals surface area contributed by atoms with Crippen molar-refractivity contribution in [3.05, 3.63) is 0 Å². The summed E-state index contributed by atoms with van der Waals surface area (Å²) in [4.78, 5) is 46.7. The maximum Gasteiger partial charge on any atom is 0.307 e. The fourth-order valence-electron chi connectivity index (χ4n) is 12.8. The maximum absolute atomic E-state index is 14.3. The van der Waals surface area contributed by atoms with Crippen LogP contribution in [0.3, 0.4) is 0 Å². The standard InChI is InChI=1S/C28H50N2O4.C23H42N2O2/c1-7-33-23(31)17-20-30-24(32)27(21-25(2,3)29(6)26(4,5)22-27)34-28(30)18-15-13-11-9-8-10-12-14-16-19-28;1-20(2)17-22(18-21(3,4)25(20)5)19(26)24-23(27-22)15-13-11-9-7-6-8-10-12-14-16-23/h7-22H2,1-6H3;6-18H2,1-5H3,(H,24,26). The van der Waals surface area contributed by atoms with Crippen molar-refractivity contribution in [2.75, 3.05) is 27.2 Å². The van der Waals surface area contributed by atoms with Crippen molar-refractivity contribution in [3.8, 4) is 0 Å². The number of hydrogen-bond donors (Lipinski definition) is 1. The summed E-state index contributed by atoms with van der Waals surface area (Å²) in [5.74, 6) is 0.00516. The van der Waals surface area contributed by atoms with Gasteiger partial charge in [0.1, 0.15) is 11.4 Å². The molecule has 10 heteroatoms. The molecule has 0 unspecified atom stereocenters. The Balaban J connectivity index is 0.000000237. The van der Waals surface area contributed by atoms with Crippen LogP contribution in [0, 0.1) is 0 Å². The molecule has 352 valence electrons. The predicted octanol–water partition coefficient (Wildman–Crippen LogP) is 11.0. The molecule has 6 aliphatic rings. The van der Waals surface area contributed by atoms with Crippen LogP contribution >= 0.6 is 0 Å². The maximum atomic E-state index is 14.3. The van der Waals surface area contributed by atoms with E-state index in [4.69, 9.17) is 14.2 Å². The molecule has 6 fully saturated rings. The van der Waals surface area contributed by atoms with Crippen molar-refractivity contribution in [1.29, 1.82) is 0 Å². The summed E-state index contributed by atoms with van der Waals surface area (Å²) in [5.41, 5.74) is -2.99. The van der Waals surface area contributed by atoms with E-state index in [9.17, 15) is 14.4 Å². The number of hydrogen-bond acceptors (Lipinski definition) is 8. The van der Waals surface area contributed by atoms with Crippen LogP contribution in [-0.4, -0.2) is 105 Å². The molecule has 0 bridgehead atoms. The lowest BCUT2D eigenvalue weighted by Crippen LogP contribution is -2.66. The first kappa shape index (κ1) is 50.3. The first-order valence-corrected chi connectivity index (χ1v) is 25.3. The quantitative estimate of drug-likeness (QED) is 0.279. The third kappa shape index (κ3) is 11.7. The molecule has 6 rings (SSSR count). The number of carbonyl (C=O) groups is 3. The Morgan fingerprint density at radius 1 is 0.557 bits per heavy atom. The molecule has 61 heavy (non-hydrogen) atoms. The van der Waals surface area contributed by atoms with Gasteiger partial charge in [0, 0.05) is 54.4 Å². The Bertz CT molecular complexity index is 1410. The molecule has 1 N–H and O–H groups in total. The summed E-state index contributed by atoms with van der Waals surface area (Å²) in [5, 5.41) is 3.39. The third-order valence-corrected chi connectivity index (χ3v) is 16.3. The first-order valence-electron chi connectivity index (χ1n) is 25.3. The number of amides is 2. The Morgan fingerprint density at radius 2 is 0.918 bits per heavy atom. The molecule has 4 aliphatic heterocycles. The van der Waals surface area contributed by atoms with Crippen LogP contribution in [0.15, 0.2) is 0 Å². The van der Waals surface area contributed by atoms with Crippen LogP contribution in [0.4, 0.5) is 0 Å². The van der Waals surface area contributed by atoms with Crippen LogP contribution in [0.5, 0.6) is 0 Å². The minimum Gasteiger partial charge on any atom is -0.466 e. The largest absolute Gasteiger partial charge is 0.466 e. The van der Waals surface area contributed by atoms with Gasteiger partial charge in [0.25, 0.3) is 11.8 Å². The molecule has 0 aromatic heterocycles. The lowest BCUT2D eigenvalue weighted by atomic mass is 9.71. The Kier molecular flexibility index (Phi) is 16.6. The molecule has 2 aliphatic carbocycles. The number of nitrogens with one attached hydrogen (secondary N) is 1. The third-order valence-electron chi connectivity index (χ3n) is 16.3. The van der Waals surface area contributed by atoms with Gasteiger partial charge in [0.05, 0.1) is 13.0 Å². The van der Waals surface area contributed by atoms with E-state index in [1.54, 1.807) is 0 Å². The topological polar surface area (TPSA) is 101 Å². The zero-order chi connectivity index (χ0) is 44.8. The van der Waals surface area contributed by atoms with E-state index >= 15 is 0 Å². The van der Waals surface area contributed by atoms with Crippen molar-refractivity contribution in [2.24, 2.45) is 0 Å². The van der Waals surface area contributed by atoms with Crippen LogP contribution in [0.2, 0.25) is 0 Å². The van der Waals surface area contributed by atoms with E-state index in [0.29, 0.717) is 26.0 Å². The van der Waals surface area contributed by atoms with Crippen molar-refractivity contribution < 1.29 is 28.6 Å². The fraction of sp³-hybridized carbons (Fsp3) is 0.941. The number of nitrogens with zero attached hydrogens (tertiary/aromatic N) is 3. The molecular formula is C51H92N4O6. The number of likely N-dealkylation sites (tertiary alicyclic amines) is 2. The predicted molar refractivity (Wildman–Crippen MR) is 246 cm³/mol. The highest BCUT2D eigenvalue weighted by Gasteiger charge is 2.66. The SMILES string of the molecule is CCOC(=O)CCN1C(=O)C2(CC(C)(C)N(C)C(C)(C)C2)OC12CCCCCCCCCCC2.CN1C(C)(C)CC2(CC1(C)C)OC1(CCCCCCCCCCC1)NC2=O. The van der Waals surface area contributed by atoms with Crippen molar-refractivity contribution in [3.63, 3.8) is 0 Å². The lowest BCUT2D eigenvalue weighted by Gasteiger charge is -2.56. The van der Waals surface area contributed by atoms with Gasteiger partial charge < -0.3 is 24.4 Å². The summed E-state index contributed by atoms with van der Waals surface area (Å²) in [6.07, 6.45) is 29.3. The number of ether oxygens (including phenoxy) is 3. The van der Waals surface area contributed by atoms with Gasteiger partial charge in [-0.2, -0.15) is 0 Å². The number of carbonyl (C=O) groups excluding carboxylic acids is 3. The first-order chi connectivity index (χ1) is 28.6. The summed E-state index contributed by atoms with van der Waals surface area (Å²) < 4.78 is 19.2. The average Bonchev–Trinajstić information content (AvgIpc) is 3.53. The molecule has 4 spiro atoms. The van der Waals surface area contributed by atoms with E-state index in [2.05, 4.69) is 84.6 Å². The normalized spacial score (nSPS) is 29.1. The van der Waals surface area contributed by atoms with Gasteiger partial charge in [-0.1, -0.05) is 89.9 Å². The highest BCUT2D eigenvalue weighted by molar-refractivity contribution is 5.89. The zero-order valence-corrected chi connectivity index (χ0v) is 41.3. The highest BCUT2D eigenvalue weighted by atomic mass is 16.6. The van der Waals surface area contributed by atoms with Gasteiger partial charge in [0.2, 0.25) is 0 Å². The molecule has 0 atom stereocenters. The summed E-state index contributed by atoms with van der Waals surface area (Å²) in [6, 6.07) is 0. The van der Waals surface area contributed by atoms with Gasteiger partial charge in [-0.3, -0.25) is 24.2 Å². The monoisotopic (exact) mass is 857 g/mol. The molecular weight excluding hydrogens is 765 g/mol. The molecule has 0 aromatic rings. The Morgan fingerprint density at radius 3 is 1.31 bits per heavy atom. The number of piperidine rings is 2. The van der Waals surface area contributed by atoms with E-state index < -0.39 is 22.7 Å². The van der Waals surface area contributed by atoms with Crippen molar-refractivity contribution >= 4 is 17.8 Å². The van der Waals surface area contributed by atoms with E-state index in [0.717, 1.165) is 64.2 Å². The molecule has 4 saturated heterocycles. The molecule has 10 nitrogen and oxygen atoms in total. The average molecular weight is 857 g/mol. The summed E-state index contributed by atoms with van der Waals surface area (Å²) in [7, 11) is 4.35. The highest BCUT2D eigenvalue weighted by Crippen LogP contribution is 2.54. The van der Waals surface area contributed by atoms with Gasteiger partial charge >= 0.3 is 5.97 Å². The molecule has 2 amide bonds. The van der Waals surface area contributed by atoms with Crippen LogP contribution < -0.4 is 5.32 Å². The van der Waals surface area contributed by atoms with E-state index in [-0.39, 0.29) is 46.4 Å². The van der Waals surface area contributed by atoms with Crippen molar-refractivity contribution in [1.82, 2.24) is 20.0 Å². The Labute approximate surface area is 373 Å². The smallest absolute Gasteiger partial charge is 0.307 e. The summed E-state index contributed by atoms with van der Waals surface area (Å²) >= 11 is 0. The second kappa shape index (κ2) is 20.2. The van der Waals surface area contributed by atoms with E-state index in [1.807, 2.05) is 11.8 Å². The molecule has 4 heterocycles. The number of rotatable bonds is 4. The van der Waals surface area contributed by atoms with Crippen molar-refractivity contribution in [2.45, 2.75) is 280 Å². The minimum absolute atomic E-state index is 0.0595. The van der Waals surface area contributed by atoms with E-state index in [1.165, 1.54) is 89.9 Å². The summed E-state index contributed by atoms with van der Waals surface area (Å²) in [6.45, 7) is 20.5.